The minimum atomic E-state index is 0.0143. The molecule has 4 nitrogen and oxygen atoms in total. The topological polar surface area (TPSA) is 47.8 Å². The van der Waals surface area contributed by atoms with Gasteiger partial charge in [0.15, 0.2) is 16.8 Å². The minimum absolute atomic E-state index is 0.0143. The fraction of sp³-hybridized carbons (Fsp3) is 0.0952. The lowest BCUT2D eigenvalue weighted by Crippen LogP contribution is -2.06. The van der Waals surface area contributed by atoms with Crippen molar-refractivity contribution in [3.8, 4) is 11.4 Å². The van der Waals surface area contributed by atoms with Crippen LogP contribution in [0, 0.1) is 0 Å². The molecule has 0 aliphatic rings. The largest absolute Gasteiger partial charge is 0.297 e. The van der Waals surface area contributed by atoms with Crippen molar-refractivity contribution in [1.82, 2.24) is 14.8 Å². The van der Waals surface area contributed by atoms with Crippen LogP contribution >= 0.6 is 46.3 Å². The third-order valence-corrected chi connectivity index (χ3v) is 6.76. The molecular weight excluding hydrogens is 445 g/mol. The predicted octanol–water partition coefficient (Wildman–Crippen LogP) is 6.34. The number of thioether (sulfide) groups is 1. The number of ketones is 1. The first-order valence-corrected chi connectivity index (χ1v) is 11.3. The molecule has 8 heteroatoms. The van der Waals surface area contributed by atoms with E-state index in [4.69, 9.17) is 23.2 Å². The van der Waals surface area contributed by atoms with Crippen LogP contribution in [0.1, 0.15) is 15.2 Å². The van der Waals surface area contributed by atoms with Gasteiger partial charge in [0.2, 0.25) is 0 Å². The molecule has 146 valence electrons. The highest BCUT2D eigenvalue weighted by Crippen LogP contribution is 2.31. The Balaban J connectivity index is 1.64. The molecule has 2 heterocycles. The molecule has 0 N–H and O–H groups in total. The van der Waals surface area contributed by atoms with E-state index >= 15 is 0 Å². The van der Waals surface area contributed by atoms with Gasteiger partial charge < -0.3 is 0 Å². The van der Waals surface area contributed by atoms with Crippen LogP contribution in [0.25, 0.3) is 11.4 Å². The van der Waals surface area contributed by atoms with Crippen LogP contribution < -0.4 is 0 Å². The van der Waals surface area contributed by atoms with Crippen molar-refractivity contribution in [2.45, 2.75) is 11.7 Å². The van der Waals surface area contributed by atoms with Crippen molar-refractivity contribution < 1.29 is 4.79 Å². The van der Waals surface area contributed by atoms with Crippen LogP contribution in [0.4, 0.5) is 0 Å². The normalized spacial score (nSPS) is 11.0. The number of thiophene rings is 1. The monoisotopic (exact) mass is 459 g/mol. The van der Waals surface area contributed by atoms with Gasteiger partial charge in [-0.25, -0.2) is 0 Å². The summed E-state index contributed by atoms with van der Waals surface area (Å²) in [5.41, 5.74) is 1.92. The number of rotatable bonds is 7. The zero-order chi connectivity index (χ0) is 20.2. The molecule has 0 atom stereocenters. The molecular formula is C21H15Cl2N3OS2. The SMILES string of the molecule is O=C(CSc1nnc(-c2ccccc2Cl)n1Cc1ccccc1)c1ccc(Cl)s1. The van der Waals surface area contributed by atoms with Gasteiger partial charge in [-0.2, -0.15) is 0 Å². The van der Waals surface area contributed by atoms with Crippen molar-refractivity contribution in [3.63, 3.8) is 0 Å². The standard InChI is InChI=1S/C21H15Cl2N3OS2/c22-16-9-5-4-8-15(16)20-24-25-21(26(20)12-14-6-2-1-3-7-14)28-13-17(27)18-10-11-19(23)29-18/h1-11H,12-13H2. The van der Waals surface area contributed by atoms with E-state index in [0.29, 0.717) is 31.8 Å². The van der Waals surface area contributed by atoms with Crippen LogP contribution in [0.3, 0.4) is 0 Å². The van der Waals surface area contributed by atoms with Gasteiger partial charge in [-0.05, 0) is 29.8 Å². The van der Waals surface area contributed by atoms with Crippen LogP contribution in [0.2, 0.25) is 9.36 Å². The van der Waals surface area contributed by atoms with Gasteiger partial charge in [0.1, 0.15) is 0 Å². The van der Waals surface area contributed by atoms with Crippen LogP contribution in [0.5, 0.6) is 0 Å². The number of hydrogen-bond donors (Lipinski definition) is 0. The van der Waals surface area contributed by atoms with Gasteiger partial charge in [0.05, 0.1) is 26.5 Å². The van der Waals surface area contributed by atoms with E-state index in [9.17, 15) is 4.79 Å². The summed E-state index contributed by atoms with van der Waals surface area (Å²) in [5.74, 6) is 0.945. The molecule has 4 aromatic rings. The quantitative estimate of drug-likeness (QED) is 0.239. The Bertz CT molecular complexity index is 1140. The molecule has 4 rings (SSSR count). The highest BCUT2D eigenvalue weighted by atomic mass is 35.5. The summed E-state index contributed by atoms with van der Waals surface area (Å²) in [6.45, 7) is 0.579. The molecule has 0 bridgehead atoms. The molecule has 0 aliphatic carbocycles. The van der Waals surface area contributed by atoms with Crippen LogP contribution in [-0.2, 0) is 6.54 Å². The molecule has 2 aromatic carbocycles. The zero-order valence-electron chi connectivity index (χ0n) is 15.1. The Morgan fingerprint density at radius 2 is 1.72 bits per heavy atom. The number of nitrogens with zero attached hydrogens (tertiary/aromatic N) is 3. The molecule has 0 amide bonds. The molecule has 0 spiro atoms. The maximum Gasteiger partial charge on any atom is 0.192 e. The van der Waals surface area contributed by atoms with Crippen molar-refractivity contribution in [2.75, 3.05) is 5.75 Å². The summed E-state index contributed by atoms with van der Waals surface area (Å²) < 4.78 is 2.60. The summed E-state index contributed by atoms with van der Waals surface area (Å²) >= 11 is 15.0. The van der Waals surface area contributed by atoms with Crippen molar-refractivity contribution in [1.29, 1.82) is 0 Å². The Kier molecular flexibility index (Phi) is 6.35. The van der Waals surface area contributed by atoms with Crippen molar-refractivity contribution in [3.05, 3.63) is 86.5 Å². The predicted molar refractivity (Wildman–Crippen MR) is 120 cm³/mol. The Morgan fingerprint density at radius 1 is 0.966 bits per heavy atom. The van der Waals surface area contributed by atoms with Gasteiger partial charge >= 0.3 is 0 Å². The summed E-state index contributed by atoms with van der Waals surface area (Å²) in [5, 5.41) is 9.99. The zero-order valence-corrected chi connectivity index (χ0v) is 18.2. The fourth-order valence-corrected chi connectivity index (χ4v) is 4.92. The third kappa shape index (κ3) is 4.73. The Hall–Kier alpha value is -2.12. The highest BCUT2D eigenvalue weighted by Gasteiger charge is 2.18. The molecule has 0 fully saturated rings. The lowest BCUT2D eigenvalue weighted by Gasteiger charge is -2.11. The summed E-state index contributed by atoms with van der Waals surface area (Å²) in [4.78, 5) is 13.1. The number of hydrogen-bond acceptors (Lipinski definition) is 5. The smallest absolute Gasteiger partial charge is 0.192 e. The molecule has 0 unspecified atom stereocenters. The second kappa shape index (κ2) is 9.13. The first kappa shape index (κ1) is 20.2. The van der Waals surface area contributed by atoms with Gasteiger partial charge in [-0.1, -0.05) is 77.4 Å². The third-order valence-electron chi connectivity index (χ3n) is 4.20. The molecule has 0 aliphatic heterocycles. The van der Waals surface area contributed by atoms with Gasteiger partial charge in [0.25, 0.3) is 0 Å². The molecule has 29 heavy (non-hydrogen) atoms. The first-order chi connectivity index (χ1) is 14.1. The number of benzene rings is 2. The van der Waals surface area contributed by atoms with Gasteiger partial charge in [-0.15, -0.1) is 21.5 Å². The number of halogens is 2. The molecule has 0 radical (unpaired) electrons. The van der Waals surface area contributed by atoms with E-state index < -0.39 is 0 Å². The molecule has 0 saturated carbocycles. The lowest BCUT2D eigenvalue weighted by molar-refractivity contribution is 0.102. The maximum absolute atomic E-state index is 12.5. The van der Waals surface area contributed by atoms with Gasteiger partial charge in [0, 0.05) is 5.56 Å². The van der Waals surface area contributed by atoms with E-state index in [0.717, 1.165) is 11.1 Å². The average molecular weight is 460 g/mol. The van der Waals surface area contributed by atoms with E-state index in [1.807, 2.05) is 59.2 Å². The Labute approximate surface area is 186 Å². The fourth-order valence-electron chi connectivity index (χ4n) is 2.81. The number of carbonyl (C=O) groups excluding carboxylic acids is 1. The summed E-state index contributed by atoms with van der Waals surface area (Å²) in [7, 11) is 0. The highest BCUT2D eigenvalue weighted by molar-refractivity contribution is 7.99. The van der Waals surface area contributed by atoms with Crippen molar-refractivity contribution in [2.24, 2.45) is 0 Å². The summed E-state index contributed by atoms with van der Waals surface area (Å²) in [6.07, 6.45) is 0. The minimum Gasteiger partial charge on any atom is -0.297 e. The second-order valence-electron chi connectivity index (χ2n) is 6.17. The number of aromatic nitrogens is 3. The lowest BCUT2D eigenvalue weighted by atomic mass is 10.2. The van der Waals surface area contributed by atoms with E-state index in [1.165, 1.54) is 23.1 Å². The van der Waals surface area contributed by atoms with Crippen molar-refractivity contribution >= 4 is 52.1 Å². The number of Topliss-reactive ketones (excluding diaryl/α,β-unsaturated/α-hetero) is 1. The van der Waals surface area contributed by atoms with Crippen LogP contribution in [0.15, 0.2) is 71.9 Å². The second-order valence-corrected chi connectivity index (χ2v) is 9.24. The van der Waals surface area contributed by atoms with Crippen LogP contribution in [-0.4, -0.2) is 26.3 Å². The van der Waals surface area contributed by atoms with E-state index in [-0.39, 0.29) is 11.5 Å². The van der Waals surface area contributed by atoms with E-state index in [2.05, 4.69) is 10.2 Å². The van der Waals surface area contributed by atoms with Gasteiger partial charge in [-0.3, -0.25) is 9.36 Å². The maximum atomic E-state index is 12.5. The Morgan fingerprint density at radius 3 is 2.45 bits per heavy atom. The molecule has 0 saturated heterocycles. The average Bonchev–Trinajstić information content (AvgIpc) is 3.34. The molecule has 2 aromatic heterocycles. The van der Waals surface area contributed by atoms with E-state index in [1.54, 1.807) is 12.1 Å². The summed E-state index contributed by atoms with van der Waals surface area (Å²) in [6, 6.07) is 21.1. The number of carbonyl (C=O) groups is 1. The first-order valence-electron chi connectivity index (χ1n) is 8.75.